The zero-order chi connectivity index (χ0) is 15.2. The average Bonchev–Trinajstić information content (AvgIpc) is 2.47. The van der Waals surface area contributed by atoms with E-state index in [1.54, 1.807) is 12.1 Å². The van der Waals surface area contributed by atoms with Crippen LogP contribution in [0.2, 0.25) is 0 Å². The van der Waals surface area contributed by atoms with Gasteiger partial charge >= 0.3 is 0 Å². The number of benzene rings is 2. The zero-order valence-electron chi connectivity index (χ0n) is 12.1. The fourth-order valence-electron chi connectivity index (χ4n) is 2.07. The molecule has 1 N–H and O–H groups in total. The van der Waals surface area contributed by atoms with E-state index in [9.17, 15) is 10.1 Å². The second-order valence-electron chi connectivity index (χ2n) is 4.69. The molecule has 21 heavy (non-hydrogen) atoms. The van der Waals surface area contributed by atoms with Gasteiger partial charge in [-0.05, 0) is 43.2 Å². The molecule has 0 radical (unpaired) electrons. The molecule has 110 valence electrons. The van der Waals surface area contributed by atoms with Gasteiger partial charge in [-0.1, -0.05) is 12.1 Å². The highest BCUT2D eigenvalue weighted by molar-refractivity contribution is 5.54. The number of nitrogens with one attached hydrogen (secondary N) is 1. The minimum absolute atomic E-state index is 0.109. The van der Waals surface area contributed by atoms with Gasteiger partial charge < -0.3 is 10.1 Å². The number of nitrogens with zero attached hydrogens (tertiary/aromatic N) is 1. The molecule has 0 spiro atoms. The lowest BCUT2D eigenvalue weighted by Gasteiger charge is -2.11. The molecule has 5 heteroatoms. The Balaban J connectivity index is 2.06. The molecule has 0 saturated heterocycles. The Hall–Kier alpha value is -2.56. The van der Waals surface area contributed by atoms with Crippen molar-refractivity contribution >= 4 is 11.4 Å². The predicted octanol–water partition coefficient (Wildman–Crippen LogP) is 3.91. The molecular weight excluding hydrogens is 268 g/mol. The average molecular weight is 286 g/mol. The van der Waals surface area contributed by atoms with Crippen LogP contribution in [0.3, 0.4) is 0 Å². The largest absolute Gasteiger partial charge is 0.494 e. The minimum atomic E-state index is -0.383. The van der Waals surface area contributed by atoms with Gasteiger partial charge in [-0.15, -0.1) is 0 Å². The maximum Gasteiger partial charge on any atom is 0.269 e. The van der Waals surface area contributed by atoms with Crippen LogP contribution in [0.15, 0.2) is 42.5 Å². The molecule has 0 aliphatic heterocycles. The van der Waals surface area contributed by atoms with Crippen molar-refractivity contribution in [3.05, 3.63) is 63.7 Å². The van der Waals surface area contributed by atoms with Crippen LogP contribution in [-0.2, 0) is 6.54 Å². The van der Waals surface area contributed by atoms with Crippen molar-refractivity contribution in [2.45, 2.75) is 20.4 Å². The number of rotatable bonds is 6. The van der Waals surface area contributed by atoms with Crippen molar-refractivity contribution in [1.82, 2.24) is 0 Å². The number of aryl methyl sites for hydroxylation is 1. The molecule has 5 nitrogen and oxygen atoms in total. The second-order valence-corrected chi connectivity index (χ2v) is 4.69. The first-order chi connectivity index (χ1) is 10.1. The van der Waals surface area contributed by atoms with Crippen molar-refractivity contribution < 1.29 is 9.66 Å². The summed E-state index contributed by atoms with van der Waals surface area (Å²) in [5.41, 5.74) is 3.05. The van der Waals surface area contributed by atoms with Crippen LogP contribution >= 0.6 is 0 Å². The van der Waals surface area contributed by atoms with Crippen LogP contribution in [0.25, 0.3) is 0 Å². The first kappa shape index (κ1) is 14.8. The first-order valence-electron chi connectivity index (χ1n) is 6.81. The summed E-state index contributed by atoms with van der Waals surface area (Å²) in [6.07, 6.45) is 0. The van der Waals surface area contributed by atoms with Crippen molar-refractivity contribution in [1.29, 1.82) is 0 Å². The number of hydrogen-bond donors (Lipinski definition) is 1. The molecule has 0 unspecified atom stereocenters. The summed E-state index contributed by atoms with van der Waals surface area (Å²) in [6.45, 7) is 5.12. The summed E-state index contributed by atoms with van der Waals surface area (Å²) in [6, 6.07) is 12.5. The van der Waals surface area contributed by atoms with Crippen LogP contribution in [0, 0.1) is 17.0 Å². The summed E-state index contributed by atoms with van der Waals surface area (Å²) in [4.78, 5) is 10.4. The molecule has 2 rings (SSSR count). The van der Waals surface area contributed by atoms with Gasteiger partial charge in [-0.25, -0.2) is 0 Å². The third kappa shape index (κ3) is 3.95. The lowest BCUT2D eigenvalue weighted by atomic mass is 10.1. The molecule has 0 aliphatic carbocycles. The molecule has 0 fully saturated rings. The van der Waals surface area contributed by atoms with Gasteiger partial charge in [0.25, 0.3) is 5.69 Å². The van der Waals surface area contributed by atoms with Crippen molar-refractivity contribution in [2.75, 3.05) is 11.9 Å². The fraction of sp³-hybridized carbons (Fsp3) is 0.250. The highest BCUT2D eigenvalue weighted by Crippen LogP contribution is 2.22. The zero-order valence-corrected chi connectivity index (χ0v) is 12.1. The highest BCUT2D eigenvalue weighted by Gasteiger charge is 2.06. The van der Waals surface area contributed by atoms with Crippen LogP contribution in [0.5, 0.6) is 5.75 Å². The predicted molar refractivity (Wildman–Crippen MR) is 82.8 cm³/mol. The Morgan fingerprint density at radius 1 is 1.24 bits per heavy atom. The topological polar surface area (TPSA) is 64.4 Å². The van der Waals surface area contributed by atoms with E-state index >= 15 is 0 Å². The van der Waals surface area contributed by atoms with E-state index < -0.39 is 0 Å². The molecule has 0 heterocycles. The number of hydrogen-bond acceptors (Lipinski definition) is 4. The van der Waals surface area contributed by atoms with Gasteiger partial charge in [0.15, 0.2) is 0 Å². The molecule has 0 atom stereocenters. The highest BCUT2D eigenvalue weighted by atomic mass is 16.6. The number of nitro groups is 1. The minimum Gasteiger partial charge on any atom is -0.494 e. The summed E-state index contributed by atoms with van der Waals surface area (Å²) in [5.74, 6) is 0.843. The normalized spacial score (nSPS) is 10.2. The Morgan fingerprint density at radius 3 is 2.71 bits per heavy atom. The SMILES string of the molecule is CCOc1ccc(NCc2cccc([N+](=O)[O-])c2)c(C)c1. The number of anilines is 1. The Morgan fingerprint density at radius 2 is 2.05 bits per heavy atom. The van der Waals surface area contributed by atoms with Crippen molar-refractivity contribution in [3.63, 3.8) is 0 Å². The Labute approximate surface area is 123 Å². The van der Waals surface area contributed by atoms with E-state index in [1.807, 2.05) is 38.1 Å². The monoisotopic (exact) mass is 286 g/mol. The van der Waals surface area contributed by atoms with E-state index in [-0.39, 0.29) is 10.6 Å². The molecule has 0 aromatic heterocycles. The van der Waals surface area contributed by atoms with Gasteiger partial charge in [0.2, 0.25) is 0 Å². The molecule has 0 saturated carbocycles. The van der Waals surface area contributed by atoms with Gasteiger partial charge in [0.05, 0.1) is 11.5 Å². The summed E-state index contributed by atoms with van der Waals surface area (Å²) in [5, 5.41) is 14.0. The van der Waals surface area contributed by atoms with E-state index in [1.165, 1.54) is 6.07 Å². The number of non-ortho nitro benzene ring substituents is 1. The van der Waals surface area contributed by atoms with Crippen LogP contribution in [-0.4, -0.2) is 11.5 Å². The fourth-order valence-corrected chi connectivity index (χ4v) is 2.07. The van der Waals surface area contributed by atoms with Gasteiger partial charge in [0.1, 0.15) is 5.75 Å². The van der Waals surface area contributed by atoms with Crippen molar-refractivity contribution in [2.24, 2.45) is 0 Å². The van der Waals surface area contributed by atoms with Crippen LogP contribution in [0.4, 0.5) is 11.4 Å². The van der Waals surface area contributed by atoms with Crippen molar-refractivity contribution in [3.8, 4) is 5.75 Å². The standard InChI is InChI=1S/C16H18N2O3/c1-3-21-15-7-8-16(12(2)9-15)17-11-13-5-4-6-14(10-13)18(19)20/h4-10,17H,3,11H2,1-2H3. The lowest BCUT2D eigenvalue weighted by molar-refractivity contribution is -0.384. The summed E-state index contributed by atoms with van der Waals surface area (Å²) < 4.78 is 5.44. The molecule has 0 aliphatic rings. The smallest absolute Gasteiger partial charge is 0.269 e. The third-order valence-corrected chi connectivity index (χ3v) is 3.11. The maximum atomic E-state index is 10.8. The summed E-state index contributed by atoms with van der Waals surface area (Å²) >= 11 is 0. The number of ether oxygens (including phenoxy) is 1. The Kier molecular flexibility index (Phi) is 4.77. The van der Waals surface area contributed by atoms with Crippen LogP contribution < -0.4 is 10.1 Å². The second kappa shape index (κ2) is 6.74. The first-order valence-corrected chi connectivity index (χ1v) is 6.81. The van der Waals surface area contributed by atoms with E-state index in [0.29, 0.717) is 13.2 Å². The lowest BCUT2D eigenvalue weighted by Crippen LogP contribution is -2.02. The van der Waals surface area contributed by atoms with Gasteiger partial charge in [-0.3, -0.25) is 10.1 Å². The van der Waals surface area contributed by atoms with E-state index in [4.69, 9.17) is 4.74 Å². The molecule has 0 bridgehead atoms. The molecule has 0 amide bonds. The molecule has 2 aromatic rings. The Bertz CT molecular complexity index is 641. The quantitative estimate of drug-likeness (QED) is 0.646. The van der Waals surface area contributed by atoms with Gasteiger partial charge in [-0.2, -0.15) is 0 Å². The third-order valence-electron chi connectivity index (χ3n) is 3.11. The van der Waals surface area contributed by atoms with E-state index in [0.717, 1.165) is 22.6 Å². The maximum absolute atomic E-state index is 10.8. The molecular formula is C16H18N2O3. The van der Waals surface area contributed by atoms with Crippen LogP contribution in [0.1, 0.15) is 18.1 Å². The summed E-state index contributed by atoms with van der Waals surface area (Å²) in [7, 11) is 0. The van der Waals surface area contributed by atoms with E-state index in [2.05, 4.69) is 5.32 Å². The number of nitro benzene ring substituents is 1. The van der Waals surface area contributed by atoms with Gasteiger partial charge in [0, 0.05) is 24.4 Å². The molecule has 2 aromatic carbocycles.